The van der Waals surface area contributed by atoms with Gasteiger partial charge in [-0.1, -0.05) is 103 Å². The molecule has 0 saturated carbocycles. The molecule has 9 rings (SSSR count). The number of anilines is 7. The van der Waals surface area contributed by atoms with Crippen LogP contribution in [-0.4, -0.2) is 10.2 Å². The fourth-order valence-electron chi connectivity index (χ4n) is 8.02. The van der Waals surface area contributed by atoms with Crippen molar-refractivity contribution in [2.45, 2.75) is 26.4 Å². The maximum absolute atomic E-state index is 7.73. The van der Waals surface area contributed by atoms with E-state index in [1.807, 2.05) is 0 Å². The Morgan fingerprint density at radius 3 is 1.69 bits per heavy atom. The molecular weight excluding hydrogens is 644 g/mol. The normalized spacial score (nSPS) is 13.6. The van der Waals surface area contributed by atoms with Crippen LogP contribution in [0.2, 0.25) is 5.02 Å². The van der Waals surface area contributed by atoms with Gasteiger partial charge in [0.25, 0.3) is 0 Å². The Balaban J connectivity index is 1.24. The first-order valence-electron chi connectivity index (χ1n) is 17.4. The second-order valence-corrected chi connectivity index (χ2v) is 14.0. The van der Waals surface area contributed by atoms with Gasteiger partial charge in [0.05, 0.1) is 38.8 Å². The fourth-order valence-corrected chi connectivity index (χ4v) is 8.30. The van der Waals surface area contributed by atoms with Crippen LogP contribution in [0.1, 0.15) is 19.4 Å². The van der Waals surface area contributed by atoms with Crippen LogP contribution < -0.4 is 14.7 Å². The summed E-state index contributed by atoms with van der Waals surface area (Å²) in [5.41, 5.74) is 11.4. The Morgan fingerprint density at radius 2 is 1.02 bits per heavy atom. The molecule has 5 heteroatoms. The lowest BCUT2D eigenvalue weighted by Gasteiger charge is -2.41. The number of benzene rings is 7. The van der Waals surface area contributed by atoms with Crippen molar-refractivity contribution < 1.29 is 0 Å². The van der Waals surface area contributed by atoms with Crippen LogP contribution in [0.3, 0.4) is 0 Å². The third-order valence-electron chi connectivity index (χ3n) is 10.1. The third kappa shape index (κ3) is 4.98. The van der Waals surface area contributed by atoms with Crippen molar-refractivity contribution in [3.8, 4) is 5.69 Å². The van der Waals surface area contributed by atoms with E-state index in [0.29, 0.717) is 5.02 Å². The van der Waals surface area contributed by atoms with E-state index in [4.69, 9.17) is 11.6 Å². The molecule has 0 radical (unpaired) electrons. The first-order chi connectivity index (χ1) is 24.9. The van der Waals surface area contributed by atoms with Gasteiger partial charge in [-0.15, -0.1) is 0 Å². The van der Waals surface area contributed by atoms with Crippen LogP contribution in [0.4, 0.5) is 39.8 Å². The number of hydrogen-bond acceptors (Lipinski definition) is 3. The van der Waals surface area contributed by atoms with Gasteiger partial charge in [0.1, 0.15) is 5.66 Å². The number of nitrogens with zero attached hydrogens (tertiary/aromatic N) is 4. The fraction of sp³-hybridized carbons (Fsp3) is 0.0870. The van der Waals surface area contributed by atoms with Crippen molar-refractivity contribution in [1.29, 1.82) is 0 Å². The van der Waals surface area contributed by atoms with E-state index in [2.05, 4.69) is 210 Å². The Hall–Kier alpha value is -5.97. The summed E-state index contributed by atoms with van der Waals surface area (Å²) in [7, 11) is 0. The maximum Gasteiger partial charge on any atom is 0.116 e. The van der Waals surface area contributed by atoms with Gasteiger partial charge in [-0.2, -0.15) is 0 Å². The van der Waals surface area contributed by atoms with E-state index in [0.717, 1.165) is 51.1 Å². The molecule has 0 N–H and O–H groups in total. The van der Waals surface area contributed by atoms with Crippen LogP contribution in [0, 0.1) is 6.92 Å². The summed E-state index contributed by atoms with van der Waals surface area (Å²) in [4.78, 5) is 7.09. The van der Waals surface area contributed by atoms with E-state index < -0.39 is 5.66 Å². The Kier molecular flexibility index (Phi) is 7.37. The molecule has 248 valence electrons. The zero-order valence-electron chi connectivity index (χ0n) is 28.8. The molecule has 7 aromatic carbocycles. The second kappa shape index (κ2) is 12.1. The van der Waals surface area contributed by atoms with E-state index >= 15 is 0 Å². The summed E-state index contributed by atoms with van der Waals surface area (Å²) in [6, 6.07) is 60.2. The molecule has 2 heterocycles. The van der Waals surface area contributed by atoms with Crippen molar-refractivity contribution in [2.24, 2.45) is 0 Å². The standard InChI is InChI=1S/C46H37ClN4/c1-32-29-43(45(47)44(30-32)51-42-28-15-14-27-41(42)50(46(51,2)3)34-19-8-5-9-20-34)48(33-17-6-4-7-18-33)35-21-16-22-36(31-35)49-39-25-12-10-23-37(39)38-24-11-13-26-40(38)49/h4-31H,1-3H3. The molecule has 1 aliphatic heterocycles. The van der Waals surface area contributed by atoms with Gasteiger partial charge in [-0.05, 0) is 105 Å². The predicted molar refractivity (Wildman–Crippen MR) is 216 cm³/mol. The van der Waals surface area contributed by atoms with E-state index in [1.54, 1.807) is 0 Å². The van der Waals surface area contributed by atoms with E-state index in [9.17, 15) is 0 Å². The summed E-state index contributed by atoms with van der Waals surface area (Å²) in [5.74, 6) is 0. The Bertz CT molecular complexity index is 2500. The first kappa shape index (κ1) is 31.0. The minimum Gasteiger partial charge on any atom is -0.316 e. The van der Waals surface area contributed by atoms with Gasteiger partial charge in [0, 0.05) is 33.5 Å². The van der Waals surface area contributed by atoms with Gasteiger partial charge in [0.15, 0.2) is 0 Å². The number of halogens is 1. The van der Waals surface area contributed by atoms with Crippen LogP contribution in [0.15, 0.2) is 170 Å². The highest BCUT2D eigenvalue weighted by Crippen LogP contribution is 2.55. The molecule has 0 amide bonds. The van der Waals surface area contributed by atoms with Crippen molar-refractivity contribution in [3.05, 3.63) is 180 Å². The van der Waals surface area contributed by atoms with Gasteiger partial charge in [-0.25, -0.2) is 0 Å². The highest BCUT2D eigenvalue weighted by Gasteiger charge is 2.45. The topological polar surface area (TPSA) is 14.7 Å². The number of para-hydroxylation sites is 6. The molecule has 0 spiro atoms. The van der Waals surface area contributed by atoms with Gasteiger partial charge < -0.3 is 19.3 Å². The number of aryl methyl sites for hydroxylation is 1. The Labute approximate surface area is 304 Å². The molecule has 1 aromatic heterocycles. The summed E-state index contributed by atoms with van der Waals surface area (Å²) in [5, 5.41) is 3.16. The smallest absolute Gasteiger partial charge is 0.116 e. The van der Waals surface area contributed by atoms with E-state index in [1.165, 1.54) is 21.8 Å². The lowest BCUT2D eigenvalue weighted by atomic mass is 10.1. The highest BCUT2D eigenvalue weighted by molar-refractivity contribution is 6.36. The SMILES string of the molecule is Cc1cc(N(c2ccccc2)c2cccc(-n3c4ccccc4c4ccccc43)c2)c(Cl)c(N2c3ccccc3N(c3ccccc3)C2(C)C)c1. The van der Waals surface area contributed by atoms with Gasteiger partial charge >= 0.3 is 0 Å². The summed E-state index contributed by atoms with van der Waals surface area (Å²) < 4.78 is 2.36. The van der Waals surface area contributed by atoms with Crippen LogP contribution in [0.25, 0.3) is 27.5 Å². The van der Waals surface area contributed by atoms with Gasteiger partial charge in [-0.3, -0.25) is 0 Å². The molecule has 0 aliphatic carbocycles. The minimum absolute atomic E-state index is 0.465. The van der Waals surface area contributed by atoms with E-state index in [-0.39, 0.29) is 0 Å². The molecule has 51 heavy (non-hydrogen) atoms. The second-order valence-electron chi connectivity index (χ2n) is 13.7. The molecule has 0 fully saturated rings. The summed E-state index contributed by atoms with van der Waals surface area (Å²) in [6.07, 6.45) is 0. The zero-order valence-corrected chi connectivity index (χ0v) is 29.6. The third-order valence-corrected chi connectivity index (χ3v) is 10.5. The molecule has 8 aromatic rings. The van der Waals surface area contributed by atoms with Crippen molar-refractivity contribution in [2.75, 3.05) is 14.7 Å². The summed E-state index contributed by atoms with van der Waals surface area (Å²) in [6.45, 7) is 6.69. The van der Waals surface area contributed by atoms with Gasteiger partial charge in [0.2, 0.25) is 0 Å². The zero-order chi connectivity index (χ0) is 34.7. The monoisotopic (exact) mass is 680 g/mol. The average Bonchev–Trinajstić information content (AvgIpc) is 3.62. The molecule has 0 unspecified atom stereocenters. The Morgan fingerprint density at radius 1 is 0.490 bits per heavy atom. The predicted octanol–water partition coefficient (Wildman–Crippen LogP) is 13.2. The van der Waals surface area contributed by atoms with Crippen LogP contribution in [-0.2, 0) is 0 Å². The summed E-state index contributed by atoms with van der Waals surface area (Å²) >= 11 is 7.73. The van der Waals surface area contributed by atoms with Crippen molar-refractivity contribution in [1.82, 2.24) is 4.57 Å². The molecule has 0 saturated heterocycles. The van der Waals surface area contributed by atoms with Crippen LogP contribution >= 0.6 is 11.6 Å². The lowest BCUT2D eigenvalue weighted by Crippen LogP contribution is -2.48. The molecule has 0 bridgehead atoms. The lowest BCUT2D eigenvalue weighted by molar-refractivity contribution is 0.540. The number of rotatable bonds is 6. The highest BCUT2D eigenvalue weighted by atomic mass is 35.5. The largest absolute Gasteiger partial charge is 0.316 e. The quantitative estimate of drug-likeness (QED) is 0.174. The average molecular weight is 681 g/mol. The molecular formula is C46H37ClN4. The van der Waals surface area contributed by atoms with Crippen LogP contribution in [0.5, 0.6) is 0 Å². The van der Waals surface area contributed by atoms with Crippen molar-refractivity contribution >= 4 is 73.2 Å². The minimum atomic E-state index is -0.465. The molecule has 4 nitrogen and oxygen atoms in total. The number of fused-ring (bicyclic) bond motifs is 4. The van der Waals surface area contributed by atoms with Crippen molar-refractivity contribution in [3.63, 3.8) is 0 Å². The maximum atomic E-state index is 7.73. The molecule has 0 atom stereocenters. The first-order valence-corrected chi connectivity index (χ1v) is 17.8. The number of hydrogen-bond donors (Lipinski definition) is 0. The number of aromatic nitrogens is 1. The molecule has 1 aliphatic rings.